The number of ether oxygens (including phenoxy) is 2. The Hall–Kier alpha value is -4.00. The van der Waals surface area contributed by atoms with Crippen molar-refractivity contribution in [2.75, 3.05) is 31.8 Å². The zero-order valence-electron chi connectivity index (χ0n) is 24.7. The number of aromatic nitrogens is 5. The van der Waals surface area contributed by atoms with Crippen LogP contribution >= 0.6 is 11.6 Å². The summed E-state index contributed by atoms with van der Waals surface area (Å²) in [7, 11) is 1.55. The third kappa shape index (κ3) is 5.64. The Bertz CT molecular complexity index is 1660. The summed E-state index contributed by atoms with van der Waals surface area (Å²) >= 11 is 6.47. The molecule has 2 aliphatic heterocycles. The number of carbonyl (C=O) groups is 1. The molecule has 3 fully saturated rings. The number of nitrogens with zero attached hydrogens (tertiary/aromatic N) is 6. The fraction of sp³-hybridized carbons (Fsp3) is 0.452. The number of amides is 1. The van der Waals surface area contributed by atoms with Crippen LogP contribution in [0.3, 0.4) is 0 Å². The van der Waals surface area contributed by atoms with Crippen LogP contribution in [0.5, 0.6) is 5.88 Å². The molecule has 230 valence electrons. The highest BCUT2D eigenvalue weighted by Gasteiger charge is 2.34. The molecule has 1 amide bonds. The van der Waals surface area contributed by atoms with Gasteiger partial charge in [0.2, 0.25) is 11.8 Å². The number of carbonyl (C=O) groups excluding carboxylic acids is 1. The van der Waals surface area contributed by atoms with Crippen molar-refractivity contribution in [3.63, 3.8) is 0 Å². The Balaban J connectivity index is 1.44. The van der Waals surface area contributed by atoms with Crippen LogP contribution < -0.4 is 20.4 Å². The Morgan fingerprint density at radius 1 is 1.07 bits per heavy atom. The number of methoxy groups -OCH3 is 1. The Morgan fingerprint density at radius 2 is 1.89 bits per heavy atom. The number of imidazole rings is 1. The van der Waals surface area contributed by atoms with E-state index in [0.717, 1.165) is 42.3 Å². The van der Waals surface area contributed by atoms with Gasteiger partial charge in [-0.15, -0.1) is 5.48 Å². The second-order valence-electron chi connectivity index (χ2n) is 11.8. The second-order valence-corrected chi connectivity index (χ2v) is 12.1. The molecule has 5 heterocycles. The number of hydrogen-bond acceptors (Lipinski definition) is 10. The van der Waals surface area contributed by atoms with Gasteiger partial charge in [-0.3, -0.25) is 5.32 Å². The van der Waals surface area contributed by atoms with Crippen molar-refractivity contribution in [1.29, 1.82) is 0 Å². The predicted molar refractivity (Wildman–Crippen MR) is 164 cm³/mol. The highest BCUT2D eigenvalue weighted by molar-refractivity contribution is 6.29. The van der Waals surface area contributed by atoms with E-state index < -0.39 is 12.3 Å². The number of morpholine rings is 1. The first kappa shape index (κ1) is 28.8. The van der Waals surface area contributed by atoms with E-state index >= 15 is 0 Å². The molecular weight excluding hydrogens is 584 g/mol. The Labute approximate surface area is 260 Å². The molecule has 0 spiro atoms. The molecule has 0 bridgehead atoms. The summed E-state index contributed by atoms with van der Waals surface area (Å²) in [6.07, 6.45) is 3.33. The lowest BCUT2D eigenvalue weighted by Crippen LogP contribution is -2.41. The minimum absolute atomic E-state index is 0.0255. The van der Waals surface area contributed by atoms with Crippen molar-refractivity contribution in [3.05, 3.63) is 59.0 Å². The largest absolute Gasteiger partial charge is 0.481 e. The molecule has 2 atom stereocenters. The van der Waals surface area contributed by atoms with Crippen molar-refractivity contribution in [1.82, 2.24) is 35.3 Å². The highest BCUT2D eigenvalue weighted by atomic mass is 35.5. The molecule has 4 aromatic rings. The van der Waals surface area contributed by atoms with Crippen LogP contribution in [0, 0.1) is 11.8 Å². The SMILES string of the molecule is COc1cc(-c2nc(C3NOC(=O)N3)nc3nc(N4CCOC[C@H]4c4ccccc4)n(CC4CCC(C)CC4)c23)cc(Cl)n1. The number of anilines is 1. The monoisotopic (exact) mass is 618 g/mol. The van der Waals surface area contributed by atoms with Crippen molar-refractivity contribution < 1.29 is 19.1 Å². The first-order chi connectivity index (χ1) is 21.5. The summed E-state index contributed by atoms with van der Waals surface area (Å²) in [6, 6.07) is 13.9. The molecule has 7 rings (SSSR count). The molecule has 1 aromatic carbocycles. The van der Waals surface area contributed by atoms with Gasteiger partial charge in [-0.2, -0.15) is 4.98 Å². The van der Waals surface area contributed by atoms with Gasteiger partial charge in [0, 0.05) is 24.7 Å². The molecule has 1 unspecified atom stereocenters. The maximum Gasteiger partial charge on any atom is 0.427 e. The summed E-state index contributed by atoms with van der Waals surface area (Å²) < 4.78 is 13.7. The van der Waals surface area contributed by atoms with E-state index in [4.69, 9.17) is 40.9 Å². The van der Waals surface area contributed by atoms with Crippen molar-refractivity contribution in [2.24, 2.45) is 11.8 Å². The van der Waals surface area contributed by atoms with Crippen LogP contribution in [0.15, 0.2) is 42.5 Å². The smallest absolute Gasteiger partial charge is 0.427 e. The number of hydrogen-bond donors (Lipinski definition) is 2. The number of fused-ring (bicyclic) bond motifs is 1. The molecule has 1 aliphatic carbocycles. The molecule has 13 heteroatoms. The summed E-state index contributed by atoms with van der Waals surface area (Å²) in [5, 5.41) is 2.98. The fourth-order valence-electron chi connectivity index (χ4n) is 6.45. The van der Waals surface area contributed by atoms with Gasteiger partial charge in [0.05, 0.1) is 26.4 Å². The van der Waals surface area contributed by atoms with Gasteiger partial charge in [0.1, 0.15) is 16.4 Å². The number of rotatable bonds is 7. The van der Waals surface area contributed by atoms with E-state index in [1.807, 2.05) is 6.07 Å². The van der Waals surface area contributed by atoms with Crippen molar-refractivity contribution >= 4 is 34.8 Å². The highest BCUT2D eigenvalue weighted by Crippen LogP contribution is 2.39. The molecule has 0 radical (unpaired) electrons. The number of benzene rings is 1. The minimum Gasteiger partial charge on any atom is -0.481 e. The minimum atomic E-state index is -0.751. The van der Waals surface area contributed by atoms with Gasteiger partial charge in [0.25, 0.3) is 0 Å². The van der Waals surface area contributed by atoms with Crippen molar-refractivity contribution in [2.45, 2.75) is 51.4 Å². The zero-order chi connectivity index (χ0) is 30.2. The molecule has 1 saturated carbocycles. The van der Waals surface area contributed by atoms with Crippen molar-refractivity contribution in [3.8, 4) is 17.1 Å². The topological polar surface area (TPSA) is 129 Å². The molecule has 12 nitrogen and oxygen atoms in total. The molecule has 2 saturated heterocycles. The number of nitrogens with one attached hydrogen (secondary N) is 2. The average molecular weight is 619 g/mol. The fourth-order valence-corrected chi connectivity index (χ4v) is 6.65. The lowest BCUT2D eigenvalue weighted by Gasteiger charge is -2.37. The maximum atomic E-state index is 11.9. The molecule has 3 aliphatic rings. The lowest BCUT2D eigenvalue weighted by molar-refractivity contribution is 0.0927. The quantitative estimate of drug-likeness (QED) is 0.267. The number of pyridine rings is 1. The van der Waals surface area contributed by atoms with E-state index in [1.54, 1.807) is 19.2 Å². The first-order valence-corrected chi connectivity index (χ1v) is 15.5. The normalized spacial score (nSPS) is 23.9. The third-order valence-corrected chi connectivity index (χ3v) is 8.98. The van der Waals surface area contributed by atoms with E-state index in [0.29, 0.717) is 54.3 Å². The maximum absolute atomic E-state index is 11.9. The van der Waals surface area contributed by atoms with E-state index in [2.05, 4.69) is 56.4 Å². The first-order valence-electron chi connectivity index (χ1n) is 15.1. The van der Waals surface area contributed by atoms with Gasteiger partial charge >= 0.3 is 6.09 Å². The van der Waals surface area contributed by atoms with E-state index in [-0.39, 0.29) is 11.2 Å². The molecule has 2 N–H and O–H groups in total. The van der Waals surface area contributed by atoms with E-state index in [1.165, 1.54) is 12.8 Å². The van der Waals surface area contributed by atoms with Crippen LogP contribution in [0.1, 0.15) is 56.2 Å². The standard InChI is InChI=1S/C31H35ClN8O4/c1-18-8-10-19(11-9-18)16-40-26-25(21-14-23(32)33-24(15-21)42-2)34-28(29-37-31(41)44-38-29)35-27(26)36-30(40)39-12-13-43-17-22(39)20-6-4-3-5-7-20/h3-7,14-15,18-19,22,29,38H,8-13,16-17H2,1-2H3,(H,37,41)/t18?,19?,22-,29?/m0/s1. The van der Waals surface area contributed by atoms with Crippen LogP contribution in [-0.4, -0.2) is 57.5 Å². The van der Waals surface area contributed by atoms with Crippen LogP contribution in [0.4, 0.5) is 10.7 Å². The second kappa shape index (κ2) is 12.2. The molecule has 44 heavy (non-hydrogen) atoms. The lowest BCUT2D eigenvalue weighted by atomic mass is 9.83. The number of halogens is 1. The van der Waals surface area contributed by atoms with Gasteiger partial charge in [-0.25, -0.2) is 19.7 Å². The molecule has 3 aromatic heterocycles. The van der Waals surface area contributed by atoms with Gasteiger partial charge < -0.3 is 23.8 Å². The summed E-state index contributed by atoms with van der Waals surface area (Å²) in [5.41, 5.74) is 6.44. The summed E-state index contributed by atoms with van der Waals surface area (Å²) in [6.45, 7) is 4.90. The third-order valence-electron chi connectivity index (χ3n) is 8.79. The van der Waals surface area contributed by atoms with Gasteiger partial charge in [0.15, 0.2) is 17.6 Å². The van der Waals surface area contributed by atoms with Gasteiger partial charge in [-0.1, -0.05) is 61.7 Å². The summed E-state index contributed by atoms with van der Waals surface area (Å²) in [5.74, 6) is 2.70. The van der Waals surface area contributed by atoms with Gasteiger partial charge in [-0.05, 0) is 36.3 Å². The Kier molecular flexibility index (Phi) is 7.96. The Morgan fingerprint density at radius 3 is 2.64 bits per heavy atom. The zero-order valence-corrected chi connectivity index (χ0v) is 25.5. The van der Waals surface area contributed by atoms with Crippen LogP contribution in [0.2, 0.25) is 5.15 Å². The van der Waals surface area contributed by atoms with Crippen LogP contribution in [-0.2, 0) is 16.1 Å². The summed E-state index contributed by atoms with van der Waals surface area (Å²) in [4.78, 5) is 38.6. The van der Waals surface area contributed by atoms with E-state index in [9.17, 15) is 4.79 Å². The molecular formula is C31H35ClN8O4. The number of hydroxylamine groups is 1. The average Bonchev–Trinajstić information content (AvgIpc) is 3.65. The van der Waals surface area contributed by atoms with Crippen LogP contribution in [0.25, 0.3) is 22.4 Å². The predicted octanol–water partition coefficient (Wildman–Crippen LogP) is 5.20.